The fourth-order valence-electron chi connectivity index (χ4n) is 3.05. The predicted octanol–water partition coefficient (Wildman–Crippen LogP) is 2.05. The lowest BCUT2D eigenvalue weighted by Crippen LogP contribution is -2.49. The first-order chi connectivity index (χ1) is 12.6. The van der Waals surface area contributed by atoms with Crippen molar-refractivity contribution in [3.63, 3.8) is 0 Å². The maximum atomic E-state index is 12.6. The largest absolute Gasteiger partial charge is 0.473 e. The van der Waals surface area contributed by atoms with Gasteiger partial charge >= 0.3 is 6.03 Å². The van der Waals surface area contributed by atoms with Gasteiger partial charge in [-0.05, 0) is 57.6 Å². The van der Waals surface area contributed by atoms with E-state index in [1.54, 1.807) is 4.90 Å². The number of aryl methyl sites for hydroxylation is 2. The van der Waals surface area contributed by atoms with Gasteiger partial charge in [0.2, 0.25) is 0 Å². The molecule has 27 heavy (non-hydrogen) atoms. The minimum absolute atomic E-state index is 0.00270. The molecule has 1 N–H and O–H groups in total. The van der Waals surface area contributed by atoms with Crippen molar-refractivity contribution >= 4 is 27.5 Å². The molecule has 1 saturated heterocycles. The van der Waals surface area contributed by atoms with Crippen molar-refractivity contribution in [1.29, 1.82) is 0 Å². The van der Waals surface area contributed by atoms with E-state index in [4.69, 9.17) is 16.3 Å². The number of hydrogen-bond acceptors (Lipinski definition) is 5. The highest BCUT2D eigenvalue weighted by atomic mass is 35.5. The van der Waals surface area contributed by atoms with Crippen molar-refractivity contribution < 1.29 is 17.9 Å². The summed E-state index contributed by atoms with van der Waals surface area (Å²) in [4.78, 5) is 16.2. The van der Waals surface area contributed by atoms with E-state index in [-0.39, 0.29) is 30.3 Å². The van der Waals surface area contributed by atoms with E-state index in [1.807, 2.05) is 45.0 Å². The second kappa shape index (κ2) is 9.12. The average molecular weight is 418 g/mol. The molecule has 0 spiro atoms. The van der Waals surface area contributed by atoms with E-state index in [9.17, 15) is 13.2 Å². The van der Waals surface area contributed by atoms with Crippen LogP contribution in [0, 0.1) is 13.8 Å². The molecule has 2 amide bonds. The second-order valence-corrected chi connectivity index (χ2v) is 9.80. The summed E-state index contributed by atoms with van der Waals surface area (Å²) in [5, 5.41) is 3.43. The molecule has 0 aromatic heterocycles. The monoisotopic (exact) mass is 417 g/mol. The molecule has 1 aliphatic rings. The molecule has 1 fully saturated rings. The summed E-state index contributed by atoms with van der Waals surface area (Å²) in [5.41, 5.74) is 1.81. The summed E-state index contributed by atoms with van der Waals surface area (Å²) in [6, 6.07) is 3.01. The molecule has 152 valence electrons. The molecule has 1 aromatic carbocycles. The Balaban J connectivity index is 1.96. The smallest absolute Gasteiger partial charge is 0.320 e. The second-order valence-electron chi connectivity index (χ2n) is 7.20. The van der Waals surface area contributed by atoms with Crippen LogP contribution in [0.15, 0.2) is 12.1 Å². The lowest BCUT2D eigenvalue weighted by molar-refractivity contribution is 0.162. The van der Waals surface area contributed by atoms with Gasteiger partial charge in [0, 0.05) is 24.2 Å². The third kappa shape index (κ3) is 6.26. The number of ether oxygens (including phenoxy) is 1. The summed E-state index contributed by atoms with van der Waals surface area (Å²) in [7, 11) is 0.756. The number of nitrogens with zero attached hydrogens (tertiary/aromatic N) is 2. The third-order valence-corrected chi connectivity index (χ3v) is 6.92. The number of carbonyl (C=O) groups excluding carboxylic acids is 1. The number of sulfone groups is 1. The number of likely N-dealkylation sites (N-methyl/N-ethyl adjacent to an activating group) is 1. The van der Waals surface area contributed by atoms with Gasteiger partial charge in [-0.1, -0.05) is 11.6 Å². The Morgan fingerprint density at radius 1 is 1.26 bits per heavy atom. The van der Waals surface area contributed by atoms with E-state index in [0.29, 0.717) is 30.3 Å². The molecular weight excluding hydrogens is 390 g/mol. The van der Waals surface area contributed by atoms with Crippen LogP contribution in [0.5, 0.6) is 5.75 Å². The van der Waals surface area contributed by atoms with E-state index in [0.717, 1.165) is 11.1 Å². The highest BCUT2D eigenvalue weighted by molar-refractivity contribution is 7.91. The van der Waals surface area contributed by atoms with Crippen molar-refractivity contribution in [2.75, 3.05) is 45.4 Å². The van der Waals surface area contributed by atoms with Gasteiger partial charge < -0.3 is 19.9 Å². The minimum atomic E-state index is -3.07. The summed E-state index contributed by atoms with van der Waals surface area (Å²) in [5.74, 6) is 0.769. The van der Waals surface area contributed by atoms with Crippen LogP contribution in [0.1, 0.15) is 17.5 Å². The first-order valence-electron chi connectivity index (χ1n) is 8.88. The molecule has 1 aliphatic heterocycles. The van der Waals surface area contributed by atoms with Gasteiger partial charge in [-0.3, -0.25) is 0 Å². The number of nitrogens with one attached hydrogen (secondary N) is 1. The Kier molecular flexibility index (Phi) is 7.36. The van der Waals surface area contributed by atoms with Crippen molar-refractivity contribution in [2.45, 2.75) is 26.3 Å². The summed E-state index contributed by atoms with van der Waals surface area (Å²) in [6.07, 6.45) is 0.472. The number of halogens is 1. The highest BCUT2D eigenvalue weighted by Crippen LogP contribution is 2.25. The first kappa shape index (κ1) is 21.8. The van der Waals surface area contributed by atoms with E-state index >= 15 is 0 Å². The lowest BCUT2D eigenvalue weighted by Gasteiger charge is -2.29. The zero-order valence-electron chi connectivity index (χ0n) is 16.3. The zero-order valence-corrected chi connectivity index (χ0v) is 17.9. The number of hydrogen-bond donors (Lipinski definition) is 1. The SMILES string of the molecule is Cc1cc(OCNC(=O)N(CCN(C)C)C2CCS(=O)(=O)C2)cc(C)c1Cl. The molecule has 1 atom stereocenters. The van der Waals surface area contributed by atoms with Crippen molar-refractivity contribution in [3.8, 4) is 5.75 Å². The summed E-state index contributed by atoms with van der Waals surface area (Å²) in [6.45, 7) is 4.89. The number of carbonyl (C=O) groups is 1. The van der Waals surface area contributed by atoms with Crippen LogP contribution in [0.3, 0.4) is 0 Å². The van der Waals surface area contributed by atoms with E-state index < -0.39 is 9.84 Å². The Morgan fingerprint density at radius 2 is 1.89 bits per heavy atom. The maximum absolute atomic E-state index is 12.6. The molecule has 0 radical (unpaired) electrons. The quantitative estimate of drug-likeness (QED) is 0.687. The molecule has 1 aromatic rings. The Hall–Kier alpha value is -1.51. The molecule has 1 unspecified atom stereocenters. The average Bonchev–Trinajstić information content (AvgIpc) is 2.92. The fraction of sp³-hybridized carbons (Fsp3) is 0.611. The standard InChI is InChI=1S/C18H28ClN3O4S/c1-13-9-16(10-14(2)17(13)19)26-12-20-18(23)22(7-6-21(3)4)15-5-8-27(24,25)11-15/h9-10,15H,5-8,11-12H2,1-4H3,(H,20,23). The van der Waals surface area contributed by atoms with Gasteiger partial charge in [-0.15, -0.1) is 0 Å². The molecule has 0 saturated carbocycles. The van der Waals surface area contributed by atoms with Crippen LogP contribution in [-0.4, -0.2) is 75.7 Å². The normalized spacial score (nSPS) is 18.5. The van der Waals surface area contributed by atoms with Crippen LogP contribution in [0.2, 0.25) is 5.02 Å². The highest BCUT2D eigenvalue weighted by Gasteiger charge is 2.34. The van der Waals surface area contributed by atoms with Crippen molar-refractivity contribution in [3.05, 3.63) is 28.3 Å². The van der Waals surface area contributed by atoms with Crippen molar-refractivity contribution in [1.82, 2.24) is 15.1 Å². The fourth-order valence-corrected chi connectivity index (χ4v) is 4.89. The van der Waals surface area contributed by atoms with Gasteiger partial charge in [-0.25, -0.2) is 13.2 Å². The predicted molar refractivity (Wildman–Crippen MR) is 107 cm³/mol. The molecule has 0 bridgehead atoms. The van der Waals surface area contributed by atoms with Gasteiger partial charge in [0.25, 0.3) is 0 Å². The van der Waals surface area contributed by atoms with Crippen LogP contribution < -0.4 is 10.1 Å². The van der Waals surface area contributed by atoms with Crippen LogP contribution in [-0.2, 0) is 9.84 Å². The Morgan fingerprint density at radius 3 is 2.41 bits per heavy atom. The number of benzene rings is 1. The zero-order chi connectivity index (χ0) is 20.2. The maximum Gasteiger partial charge on any atom is 0.320 e. The molecule has 9 heteroatoms. The van der Waals surface area contributed by atoms with Gasteiger partial charge in [0.15, 0.2) is 16.6 Å². The van der Waals surface area contributed by atoms with Crippen LogP contribution in [0.4, 0.5) is 4.79 Å². The molecule has 0 aliphatic carbocycles. The Bertz CT molecular complexity index is 760. The summed E-state index contributed by atoms with van der Waals surface area (Å²) >= 11 is 6.15. The Labute approximate surface area is 166 Å². The van der Waals surface area contributed by atoms with Crippen LogP contribution >= 0.6 is 11.6 Å². The number of urea groups is 1. The van der Waals surface area contributed by atoms with E-state index in [2.05, 4.69) is 5.32 Å². The number of amides is 2. The van der Waals surface area contributed by atoms with Crippen molar-refractivity contribution in [2.24, 2.45) is 0 Å². The summed E-state index contributed by atoms with van der Waals surface area (Å²) < 4.78 is 29.2. The van der Waals surface area contributed by atoms with E-state index in [1.165, 1.54) is 0 Å². The molecular formula is C18H28ClN3O4S. The molecule has 7 nitrogen and oxygen atoms in total. The lowest BCUT2D eigenvalue weighted by atomic mass is 10.1. The molecule has 1 heterocycles. The topological polar surface area (TPSA) is 79.0 Å². The minimum Gasteiger partial charge on any atom is -0.473 e. The third-order valence-electron chi connectivity index (χ3n) is 4.57. The molecule has 2 rings (SSSR count). The van der Waals surface area contributed by atoms with Gasteiger partial charge in [0.05, 0.1) is 11.5 Å². The van der Waals surface area contributed by atoms with Gasteiger partial charge in [0.1, 0.15) is 5.75 Å². The van der Waals surface area contributed by atoms with Gasteiger partial charge in [-0.2, -0.15) is 0 Å². The number of rotatable bonds is 7. The van der Waals surface area contributed by atoms with Crippen LogP contribution in [0.25, 0.3) is 0 Å². The first-order valence-corrected chi connectivity index (χ1v) is 11.1.